The molecular formula is C16H23N3OS. The van der Waals surface area contributed by atoms with Gasteiger partial charge in [0, 0.05) is 7.05 Å². The van der Waals surface area contributed by atoms with Crippen LogP contribution in [0.1, 0.15) is 20.3 Å². The van der Waals surface area contributed by atoms with Crippen LogP contribution in [0.5, 0.6) is 0 Å². The predicted molar refractivity (Wildman–Crippen MR) is 90.0 cm³/mol. The standard InChI is InChI=1S/C16H23N3OS/c1-12(2)9-10-18(3)11-15(20)19(4)16-17-13-7-5-6-8-14(13)21-16/h5-8,12H,9-11H2,1-4H3. The Labute approximate surface area is 130 Å². The third-order valence-electron chi connectivity index (χ3n) is 3.44. The van der Waals surface area contributed by atoms with E-state index in [9.17, 15) is 4.79 Å². The maximum Gasteiger partial charge on any atom is 0.242 e. The van der Waals surface area contributed by atoms with Crippen molar-refractivity contribution in [1.82, 2.24) is 9.88 Å². The van der Waals surface area contributed by atoms with Gasteiger partial charge in [0.25, 0.3) is 0 Å². The number of anilines is 1. The van der Waals surface area contributed by atoms with E-state index in [1.54, 1.807) is 23.3 Å². The second-order valence-corrected chi connectivity index (χ2v) is 6.85. The number of hydrogen-bond acceptors (Lipinski definition) is 4. The van der Waals surface area contributed by atoms with Gasteiger partial charge in [0.2, 0.25) is 5.91 Å². The topological polar surface area (TPSA) is 36.4 Å². The van der Waals surface area contributed by atoms with Gasteiger partial charge in [-0.1, -0.05) is 37.3 Å². The quantitative estimate of drug-likeness (QED) is 0.822. The van der Waals surface area contributed by atoms with Crippen molar-refractivity contribution in [3.05, 3.63) is 24.3 Å². The number of amides is 1. The van der Waals surface area contributed by atoms with Crippen LogP contribution in [0, 0.1) is 5.92 Å². The normalized spacial score (nSPS) is 11.5. The number of likely N-dealkylation sites (N-methyl/N-ethyl adjacent to an activating group) is 2. The van der Waals surface area contributed by atoms with E-state index < -0.39 is 0 Å². The Morgan fingerprint density at radius 3 is 2.67 bits per heavy atom. The maximum absolute atomic E-state index is 12.3. The summed E-state index contributed by atoms with van der Waals surface area (Å²) in [5.74, 6) is 0.741. The molecule has 0 aliphatic rings. The lowest BCUT2D eigenvalue weighted by Crippen LogP contribution is -2.37. The molecule has 1 amide bonds. The van der Waals surface area contributed by atoms with E-state index in [4.69, 9.17) is 0 Å². The van der Waals surface area contributed by atoms with Gasteiger partial charge in [0.1, 0.15) is 0 Å². The zero-order valence-electron chi connectivity index (χ0n) is 13.2. The van der Waals surface area contributed by atoms with Crippen LogP contribution in [0.4, 0.5) is 5.13 Å². The molecule has 0 fully saturated rings. The number of fused-ring (bicyclic) bond motifs is 1. The Kier molecular flexibility index (Phi) is 5.31. The molecule has 1 aromatic carbocycles. The lowest BCUT2D eigenvalue weighted by atomic mass is 10.1. The van der Waals surface area contributed by atoms with Gasteiger partial charge in [-0.2, -0.15) is 0 Å². The molecule has 0 atom stereocenters. The minimum atomic E-state index is 0.0836. The van der Waals surface area contributed by atoms with Crippen molar-refractivity contribution < 1.29 is 4.79 Å². The summed E-state index contributed by atoms with van der Waals surface area (Å²) in [6, 6.07) is 7.96. The first-order valence-electron chi connectivity index (χ1n) is 7.28. The number of hydrogen-bond donors (Lipinski definition) is 0. The molecule has 5 heteroatoms. The lowest BCUT2D eigenvalue weighted by Gasteiger charge is -2.20. The molecule has 4 nitrogen and oxygen atoms in total. The van der Waals surface area contributed by atoms with E-state index in [0.717, 1.165) is 28.3 Å². The molecule has 0 unspecified atom stereocenters. The molecule has 0 radical (unpaired) electrons. The maximum atomic E-state index is 12.3. The van der Waals surface area contributed by atoms with Gasteiger partial charge < -0.3 is 0 Å². The molecule has 2 rings (SSSR count). The second kappa shape index (κ2) is 7.00. The Bertz CT molecular complexity index is 575. The zero-order chi connectivity index (χ0) is 15.4. The number of nitrogens with zero attached hydrogens (tertiary/aromatic N) is 3. The van der Waals surface area contributed by atoms with Gasteiger partial charge in [-0.3, -0.25) is 14.6 Å². The predicted octanol–water partition coefficient (Wildman–Crippen LogP) is 3.24. The van der Waals surface area contributed by atoms with E-state index in [1.165, 1.54) is 0 Å². The van der Waals surface area contributed by atoms with Crippen LogP contribution in [-0.2, 0) is 4.79 Å². The van der Waals surface area contributed by atoms with Gasteiger partial charge in [-0.25, -0.2) is 4.98 Å². The summed E-state index contributed by atoms with van der Waals surface area (Å²) in [7, 11) is 3.79. The second-order valence-electron chi connectivity index (χ2n) is 5.84. The van der Waals surface area contributed by atoms with Crippen molar-refractivity contribution in [2.45, 2.75) is 20.3 Å². The Morgan fingerprint density at radius 1 is 1.29 bits per heavy atom. The monoisotopic (exact) mass is 305 g/mol. The SMILES string of the molecule is CC(C)CCN(C)CC(=O)N(C)c1nc2ccccc2s1. The van der Waals surface area contributed by atoms with Crippen molar-refractivity contribution in [1.29, 1.82) is 0 Å². The van der Waals surface area contributed by atoms with E-state index in [0.29, 0.717) is 12.5 Å². The molecule has 0 aliphatic carbocycles. The fourth-order valence-corrected chi connectivity index (χ4v) is 2.95. The van der Waals surface area contributed by atoms with Crippen LogP contribution < -0.4 is 4.90 Å². The van der Waals surface area contributed by atoms with Crippen LogP contribution >= 0.6 is 11.3 Å². The first-order chi connectivity index (χ1) is 9.97. The first-order valence-corrected chi connectivity index (χ1v) is 8.09. The summed E-state index contributed by atoms with van der Waals surface area (Å²) in [4.78, 5) is 20.6. The Morgan fingerprint density at radius 2 is 2.00 bits per heavy atom. The summed E-state index contributed by atoms with van der Waals surface area (Å²) in [5, 5.41) is 0.762. The smallest absolute Gasteiger partial charge is 0.242 e. The van der Waals surface area contributed by atoms with E-state index in [1.807, 2.05) is 31.3 Å². The molecule has 0 aliphatic heterocycles. The van der Waals surface area contributed by atoms with Crippen molar-refractivity contribution >= 4 is 32.6 Å². The number of rotatable bonds is 6. The first kappa shape index (κ1) is 15.9. The summed E-state index contributed by atoms with van der Waals surface area (Å²) < 4.78 is 1.11. The number of para-hydroxylation sites is 1. The molecule has 1 aromatic heterocycles. The fourth-order valence-electron chi connectivity index (χ4n) is 2.00. The number of carbonyl (C=O) groups is 1. The summed E-state index contributed by atoms with van der Waals surface area (Å²) in [6.07, 6.45) is 1.11. The molecule has 114 valence electrons. The Balaban J connectivity index is 1.98. The van der Waals surface area contributed by atoms with Crippen LogP contribution in [0.2, 0.25) is 0 Å². The number of aromatic nitrogens is 1. The molecule has 2 aromatic rings. The highest BCUT2D eigenvalue weighted by molar-refractivity contribution is 7.22. The summed E-state index contributed by atoms with van der Waals surface area (Å²) >= 11 is 1.55. The van der Waals surface area contributed by atoms with E-state index in [-0.39, 0.29) is 5.91 Å². The van der Waals surface area contributed by atoms with Gasteiger partial charge in [-0.05, 0) is 38.1 Å². The highest BCUT2D eigenvalue weighted by Gasteiger charge is 2.16. The minimum absolute atomic E-state index is 0.0836. The van der Waals surface area contributed by atoms with Crippen molar-refractivity contribution in [3.63, 3.8) is 0 Å². The number of benzene rings is 1. The van der Waals surface area contributed by atoms with Crippen molar-refractivity contribution in [2.24, 2.45) is 5.92 Å². The molecule has 1 heterocycles. The van der Waals surface area contributed by atoms with Crippen LogP contribution in [-0.4, -0.2) is 43.0 Å². The molecular weight excluding hydrogens is 282 g/mol. The molecule has 0 bridgehead atoms. The Hall–Kier alpha value is -1.46. The third-order valence-corrected chi connectivity index (χ3v) is 4.55. The van der Waals surface area contributed by atoms with Crippen LogP contribution in [0.15, 0.2) is 24.3 Å². The van der Waals surface area contributed by atoms with Gasteiger partial charge in [0.05, 0.1) is 16.8 Å². The molecule has 21 heavy (non-hydrogen) atoms. The van der Waals surface area contributed by atoms with Gasteiger partial charge >= 0.3 is 0 Å². The van der Waals surface area contributed by atoms with Crippen LogP contribution in [0.25, 0.3) is 10.2 Å². The van der Waals surface area contributed by atoms with Gasteiger partial charge in [-0.15, -0.1) is 0 Å². The highest BCUT2D eigenvalue weighted by atomic mass is 32.1. The average Bonchev–Trinajstić information content (AvgIpc) is 2.88. The van der Waals surface area contributed by atoms with E-state index >= 15 is 0 Å². The summed E-state index contributed by atoms with van der Waals surface area (Å²) in [6.45, 7) is 5.77. The summed E-state index contributed by atoms with van der Waals surface area (Å²) in [5.41, 5.74) is 0.949. The minimum Gasteiger partial charge on any atom is -0.298 e. The molecule has 0 N–H and O–H groups in total. The average molecular weight is 305 g/mol. The number of thiazole rings is 1. The zero-order valence-corrected chi connectivity index (χ0v) is 14.0. The fraction of sp³-hybridized carbons (Fsp3) is 0.500. The largest absolute Gasteiger partial charge is 0.298 e. The van der Waals surface area contributed by atoms with Gasteiger partial charge in [0.15, 0.2) is 5.13 Å². The molecule has 0 saturated heterocycles. The van der Waals surface area contributed by atoms with E-state index in [2.05, 4.69) is 23.7 Å². The third kappa shape index (κ3) is 4.25. The van der Waals surface area contributed by atoms with Crippen molar-refractivity contribution in [3.8, 4) is 0 Å². The van der Waals surface area contributed by atoms with Crippen molar-refractivity contribution in [2.75, 3.05) is 32.1 Å². The molecule has 0 saturated carbocycles. The number of carbonyl (C=O) groups excluding carboxylic acids is 1. The molecule has 0 spiro atoms. The lowest BCUT2D eigenvalue weighted by molar-refractivity contribution is -0.119. The highest BCUT2D eigenvalue weighted by Crippen LogP contribution is 2.27. The van der Waals surface area contributed by atoms with Crippen LogP contribution in [0.3, 0.4) is 0 Å².